The van der Waals surface area contributed by atoms with Crippen molar-refractivity contribution >= 4 is 28.5 Å². The first-order valence-corrected chi connectivity index (χ1v) is 6.64. The first-order valence-electron chi connectivity index (χ1n) is 5.56. The maximum atomic E-state index is 11.9. The van der Waals surface area contributed by atoms with E-state index in [-0.39, 0.29) is 11.9 Å². The summed E-state index contributed by atoms with van der Waals surface area (Å²) in [7, 11) is 0. The zero-order chi connectivity index (χ0) is 12.1. The molecule has 1 unspecified atom stereocenters. The van der Waals surface area contributed by atoms with Gasteiger partial charge in [-0.25, -0.2) is 0 Å². The Morgan fingerprint density at radius 3 is 2.50 bits per heavy atom. The lowest BCUT2D eigenvalue weighted by Crippen LogP contribution is -2.33. The number of carbonyl (C=O) groups is 1. The zero-order valence-electron chi connectivity index (χ0n) is 9.96. The molecule has 88 valence electrons. The molecule has 0 spiro atoms. The van der Waals surface area contributed by atoms with E-state index in [4.69, 9.17) is 0 Å². The fraction of sp³-hybridized carbons (Fsp3) is 0.462. The van der Waals surface area contributed by atoms with E-state index in [0.29, 0.717) is 5.92 Å². The first-order chi connectivity index (χ1) is 7.50. The summed E-state index contributed by atoms with van der Waals surface area (Å²) in [6, 6.07) is 7.87. The summed E-state index contributed by atoms with van der Waals surface area (Å²) in [4.78, 5) is 11.9. The van der Waals surface area contributed by atoms with Gasteiger partial charge in [-0.2, -0.15) is 0 Å². The lowest BCUT2D eigenvalue weighted by molar-refractivity contribution is 0.0935. The molecule has 0 saturated carbocycles. The van der Waals surface area contributed by atoms with Crippen molar-refractivity contribution in [2.75, 3.05) is 0 Å². The van der Waals surface area contributed by atoms with Crippen LogP contribution in [0.15, 0.2) is 24.3 Å². The molecule has 0 fully saturated rings. The molecule has 2 nitrogen and oxygen atoms in total. The van der Waals surface area contributed by atoms with E-state index in [1.54, 1.807) is 0 Å². The standard InChI is InChI=1S/C13H18INO/c1-9(2)8-10(3)15-13(16)11-6-4-5-7-12(11)14/h4-7,9-10H,8H2,1-3H3,(H,15,16). The Labute approximate surface area is 111 Å². The molecule has 0 aliphatic heterocycles. The third-order valence-corrected chi connectivity index (χ3v) is 3.26. The molecule has 1 amide bonds. The number of hydrogen-bond acceptors (Lipinski definition) is 1. The van der Waals surface area contributed by atoms with E-state index < -0.39 is 0 Å². The predicted octanol–water partition coefficient (Wildman–Crippen LogP) is 3.46. The van der Waals surface area contributed by atoms with Gasteiger partial charge in [-0.1, -0.05) is 26.0 Å². The second-order valence-electron chi connectivity index (χ2n) is 4.48. The summed E-state index contributed by atoms with van der Waals surface area (Å²) in [5.41, 5.74) is 0.763. The molecule has 0 aliphatic carbocycles. The van der Waals surface area contributed by atoms with Gasteiger partial charge in [-0.3, -0.25) is 4.79 Å². The van der Waals surface area contributed by atoms with Gasteiger partial charge in [0.1, 0.15) is 0 Å². The number of amides is 1. The van der Waals surface area contributed by atoms with Crippen LogP contribution in [0.4, 0.5) is 0 Å². The number of benzene rings is 1. The van der Waals surface area contributed by atoms with Gasteiger partial charge in [0.25, 0.3) is 5.91 Å². The molecule has 0 aromatic heterocycles. The van der Waals surface area contributed by atoms with Gasteiger partial charge in [0, 0.05) is 9.61 Å². The second-order valence-corrected chi connectivity index (χ2v) is 5.65. The van der Waals surface area contributed by atoms with Crippen molar-refractivity contribution in [3.05, 3.63) is 33.4 Å². The Morgan fingerprint density at radius 1 is 1.31 bits per heavy atom. The Kier molecular flexibility index (Phi) is 5.25. The minimum Gasteiger partial charge on any atom is -0.350 e. The molecule has 1 rings (SSSR count). The number of carbonyl (C=O) groups excluding carboxylic acids is 1. The van der Waals surface area contributed by atoms with Crippen LogP contribution in [0.1, 0.15) is 37.6 Å². The summed E-state index contributed by atoms with van der Waals surface area (Å²) in [6.07, 6.45) is 1.01. The number of halogens is 1. The van der Waals surface area contributed by atoms with E-state index in [1.165, 1.54) is 0 Å². The van der Waals surface area contributed by atoms with Crippen LogP contribution in [-0.2, 0) is 0 Å². The van der Waals surface area contributed by atoms with Gasteiger partial charge in [0.05, 0.1) is 5.56 Å². The van der Waals surface area contributed by atoms with Crippen molar-refractivity contribution < 1.29 is 4.79 Å². The Balaban J connectivity index is 2.63. The van der Waals surface area contributed by atoms with Crippen LogP contribution in [0.3, 0.4) is 0 Å². The van der Waals surface area contributed by atoms with E-state index in [1.807, 2.05) is 31.2 Å². The van der Waals surface area contributed by atoms with Crippen LogP contribution in [0.2, 0.25) is 0 Å². The third kappa shape index (κ3) is 4.12. The molecule has 0 saturated heterocycles. The van der Waals surface area contributed by atoms with Crippen molar-refractivity contribution in [2.45, 2.75) is 33.2 Å². The smallest absolute Gasteiger partial charge is 0.252 e. The van der Waals surface area contributed by atoms with Gasteiger partial charge >= 0.3 is 0 Å². The Morgan fingerprint density at radius 2 is 1.94 bits per heavy atom. The second kappa shape index (κ2) is 6.23. The molecule has 3 heteroatoms. The van der Waals surface area contributed by atoms with Crippen molar-refractivity contribution in [1.29, 1.82) is 0 Å². The highest BCUT2D eigenvalue weighted by molar-refractivity contribution is 14.1. The zero-order valence-corrected chi connectivity index (χ0v) is 12.1. The van der Waals surface area contributed by atoms with Crippen LogP contribution in [0.25, 0.3) is 0 Å². The summed E-state index contributed by atoms with van der Waals surface area (Å²) >= 11 is 2.19. The van der Waals surface area contributed by atoms with Gasteiger partial charge < -0.3 is 5.32 Å². The molecule has 1 aromatic rings. The van der Waals surface area contributed by atoms with E-state index in [0.717, 1.165) is 15.6 Å². The number of nitrogens with one attached hydrogen (secondary N) is 1. The van der Waals surface area contributed by atoms with E-state index >= 15 is 0 Å². The van der Waals surface area contributed by atoms with Crippen LogP contribution in [0.5, 0.6) is 0 Å². The van der Waals surface area contributed by atoms with Crippen LogP contribution < -0.4 is 5.32 Å². The molecular formula is C13H18INO. The summed E-state index contributed by atoms with van der Waals surface area (Å²) in [6.45, 7) is 6.37. The molecule has 1 N–H and O–H groups in total. The summed E-state index contributed by atoms with van der Waals surface area (Å²) < 4.78 is 0.995. The van der Waals surface area contributed by atoms with Crippen molar-refractivity contribution in [2.24, 2.45) is 5.92 Å². The SMILES string of the molecule is CC(C)CC(C)NC(=O)c1ccccc1I. The fourth-order valence-electron chi connectivity index (χ4n) is 1.71. The number of rotatable bonds is 4. The van der Waals surface area contributed by atoms with Crippen LogP contribution in [0, 0.1) is 9.49 Å². The normalized spacial score (nSPS) is 12.6. The van der Waals surface area contributed by atoms with Gasteiger partial charge in [-0.05, 0) is 54.0 Å². The molecule has 0 bridgehead atoms. The van der Waals surface area contributed by atoms with Gasteiger partial charge in [0.15, 0.2) is 0 Å². The molecule has 0 heterocycles. The monoisotopic (exact) mass is 331 g/mol. The highest BCUT2D eigenvalue weighted by atomic mass is 127. The minimum absolute atomic E-state index is 0.0261. The molecule has 0 aliphatic rings. The van der Waals surface area contributed by atoms with Crippen molar-refractivity contribution in [3.63, 3.8) is 0 Å². The quantitative estimate of drug-likeness (QED) is 0.841. The highest BCUT2D eigenvalue weighted by Gasteiger charge is 2.12. The third-order valence-electron chi connectivity index (χ3n) is 2.32. The minimum atomic E-state index is 0.0261. The lowest BCUT2D eigenvalue weighted by Gasteiger charge is -2.16. The van der Waals surface area contributed by atoms with Gasteiger partial charge in [0.2, 0.25) is 0 Å². The van der Waals surface area contributed by atoms with Crippen LogP contribution in [-0.4, -0.2) is 11.9 Å². The molecule has 0 radical (unpaired) electrons. The predicted molar refractivity (Wildman–Crippen MR) is 75.5 cm³/mol. The number of hydrogen-bond donors (Lipinski definition) is 1. The van der Waals surface area contributed by atoms with Crippen molar-refractivity contribution in [3.8, 4) is 0 Å². The maximum Gasteiger partial charge on any atom is 0.252 e. The fourth-order valence-corrected chi connectivity index (χ4v) is 2.35. The van der Waals surface area contributed by atoms with Gasteiger partial charge in [-0.15, -0.1) is 0 Å². The highest BCUT2D eigenvalue weighted by Crippen LogP contribution is 2.12. The maximum absolute atomic E-state index is 11.9. The summed E-state index contributed by atoms with van der Waals surface area (Å²) in [5, 5.41) is 3.02. The summed E-state index contributed by atoms with van der Waals surface area (Å²) in [5.74, 6) is 0.628. The van der Waals surface area contributed by atoms with Crippen LogP contribution >= 0.6 is 22.6 Å². The average Bonchev–Trinajstić information content (AvgIpc) is 2.16. The topological polar surface area (TPSA) is 29.1 Å². The average molecular weight is 331 g/mol. The molecule has 1 aromatic carbocycles. The molecule has 1 atom stereocenters. The lowest BCUT2D eigenvalue weighted by atomic mass is 10.0. The Hall–Kier alpha value is -0.580. The largest absolute Gasteiger partial charge is 0.350 e. The van der Waals surface area contributed by atoms with E-state index in [2.05, 4.69) is 41.8 Å². The molecular weight excluding hydrogens is 313 g/mol. The molecule has 16 heavy (non-hydrogen) atoms. The first kappa shape index (κ1) is 13.5. The Bertz CT molecular complexity index is 363. The van der Waals surface area contributed by atoms with E-state index in [9.17, 15) is 4.79 Å². The van der Waals surface area contributed by atoms with Crippen molar-refractivity contribution in [1.82, 2.24) is 5.32 Å².